The Bertz CT molecular complexity index is 433. The fourth-order valence-corrected chi connectivity index (χ4v) is 1.33. The van der Waals surface area contributed by atoms with E-state index in [2.05, 4.69) is 11.2 Å². The minimum atomic E-state index is -0.382. The summed E-state index contributed by atoms with van der Waals surface area (Å²) in [6.07, 6.45) is 5.12. The number of rotatable bonds is 3. The highest BCUT2D eigenvalue weighted by atomic mass is 16.6. The van der Waals surface area contributed by atoms with E-state index in [1.807, 2.05) is 6.92 Å². The molecule has 0 amide bonds. The fraction of sp³-hybridized carbons (Fsp3) is 0.273. The van der Waals surface area contributed by atoms with Crippen LogP contribution in [0, 0.1) is 36.3 Å². The number of aryl methyl sites for hydroxylation is 2. The van der Waals surface area contributed by atoms with Gasteiger partial charge in [-0.3, -0.25) is 10.1 Å². The van der Waals surface area contributed by atoms with E-state index in [0.29, 0.717) is 12.1 Å². The number of benzene rings is 1. The summed E-state index contributed by atoms with van der Waals surface area (Å²) in [7, 11) is 0. The lowest BCUT2D eigenvalue weighted by atomic mass is 10.1. The molecule has 0 aliphatic rings. The molecule has 0 fully saturated rings. The summed E-state index contributed by atoms with van der Waals surface area (Å²) >= 11 is 0. The number of terminal acetylenes is 1. The molecule has 0 saturated heterocycles. The number of nitro benzene ring substituents is 1. The first-order chi connectivity index (χ1) is 7.06. The van der Waals surface area contributed by atoms with E-state index in [9.17, 15) is 10.1 Å². The molecular weight excluding hydrogens is 192 g/mol. The summed E-state index contributed by atoms with van der Waals surface area (Å²) in [4.78, 5) is 10.3. The van der Waals surface area contributed by atoms with Gasteiger partial charge < -0.3 is 5.32 Å². The summed E-state index contributed by atoms with van der Waals surface area (Å²) in [6.45, 7) is 3.93. The van der Waals surface area contributed by atoms with E-state index in [4.69, 9.17) is 6.42 Å². The van der Waals surface area contributed by atoms with Gasteiger partial charge in [-0.25, -0.2) is 0 Å². The summed E-state index contributed by atoms with van der Waals surface area (Å²) in [5.41, 5.74) is 2.43. The Balaban J connectivity index is 3.09. The second-order valence-electron chi connectivity index (χ2n) is 3.27. The Kier molecular flexibility index (Phi) is 3.29. The van der Waals surface area contributed by atoms with Gasteiger partial charge in [0.05, 0.1) is 11.5 Å². The lowest BCUT2D eigenvalue weighted by Crippen LogP contribution is -2.02. The Morgan fingerprint density at radius 1 is 1.47 bits per heavy atom. The SMILES string of the molecule is C#CCNc1cc(C)c([N+](=O)[O-])cc1C. The highest BCUT2D eigenvalue weighted by Crippen LogP contribution is 2.25. The Morgan fingerprint density at radius 3 is 2.67 bits per heavy atom. The molecule has 0 heterocycles. The molecule has 0 spiro atoms. The lowest BCUT2D eigenvalue weighted by molar-refractivity contribution is -0.385. The molecular formula is C11H12N2O2. The summed E-state index contributed by atoms with van der Waals surface area (Å²) in [6, 6.07) is 3.29. The topological polar surface area (TPSA) is 55.2 Å². The summed E-state index contributed by atoms with van der Waals surface area (Å²) in [5.74, 6) is 2.46. The van der Waals surface area contributed by atoms with Gasteiger partial charge >= 0.3 is 0 Å². The van der Waals surface area contributed by atoms with Crippen molar-refractivity contribution in [2.75, 3.05) is 11.9 Å². The highest BCUT2D eigenvalue weighted by Gasteiger charge is 2.12. The van der Waals surface area contributed by atoms with Crippen LogP contribution in [0.2, 0.25) is 0 Å². The molecule has 1 aromatic carbocycles. The third kappa shape index (κ3) is 2.47. The lowest BCUT2D eigenvalue weighted by Gasteiger charge is -2.08. The van der Waals surface area contributed by atoms with Crippen molar-refractivity contribution < 1.29 is 4.92 Å². The van der Waals surface area contributed by atoms with Crippen LogP contribution in [0.5, 0.6) is 0 Å². The maximum absolute atomic E-state index is 10.7. The second-order valence-corrected chi connectivity index (χ2v) is 3.27. The smallest absolute Gasteiger partial charge is 0.272 e. The molecule has 1 rings (SSSR count). The highest BCUT2D eigenvalue weighted by molar-refractivity contribution is 5.59. The zero-order valence-corrected chi connectivity index (χ0v) is 8.70. The molecule has 0 saturated carbocycles. The largest absolute Gasteiger partial charge is 0.374 e. The van der Waals surface area contributed by atoms with Crippen molar-refractivity contribution in [3.63, 3.8) is 0 Å². The van der Waals surface area contributed by atoms with Crippen molar-refractivity contribution in [2.45, 2.75) is 13.8 Å². The number of nitro groups is 1. The zero-order valence-electron chi connectivity index (χ0n) is 8.70. The van der Waals surface area contributed by atoms with E-state index < -0.39 is 0 Å². The second kappa shape index (κ2) is 4.47. The first-order valence-corrected chi connectivity index (χ1v) is 4.49. The number of nitrogens with zero attached hydrogens (tertiary/aromatic N) is 1. The van der Waals surface area contributed by atoms with Gasteiger partial charge in [0, 0.05) is 17.3 Å². The fourth-order valence-electron chi connectivity index (χ4n) is 1.33. The molecule has 78 valence electrons. The van der Waals surface area contributed by atoms with Gasteiger partial charge in [0.15, 0.2) is 0 Å². The number of nitrogens with one attached hydrogen (secondary N) is 1. The van der Waals surface area contributed by atoms with E-state index in [1.165, 1.54) is 0 Å². The third-order valence-electron chi connectivity index (χ3n) is 2.12. The van der Waals surface area contributed by atoms with Crippen LogP contribution in [0.1, 0.15) is 11.1 Å². The van der Waals surface area contributed by atoms with Crippen molar-refractivity contribution in [3.05, 3.63) is 33.4 Å². The average molecular weight is 204 g/mol. The minimum Gasteiger partial charge on any atom is -0.374 e. The molecule has 0 bridgehead atoms. The molecule has 0 atom stereocenters. The molecule has 0 aliphatic carbocycles. The van der Waals surface area contributed by atoms with Crippen molar-refractivity contribution in [1.82, 2.24) is 0 Å². The minimum absolute atomic E-state index is 0.138. The monoisotopic (exact) mass is 204 g/mol. The normalized spacial score (nSPS) is 9.40. The Morgan fingerprint density at radius 2 is 2.13 bits per heavy atom. The van der Waals surface area contributed by atoms with Crippen LogP contribution in [0.15, 0.2) is 12.1 Å². The maximum Gasteiger partial charge on any atom is 0.272 e. The van der Waals surface area contributed by atoms with Gasteiger partial charge in [-0.15, -0.1) is 6.42 Å². The quantitative estimate of drug-likeness (QED) is 0.466. The van der Waals surface area contributed by atoms with Crippen LogP contribution >= 0.6 is 0 Å². The van der Waals surface area contributed by atoms with Crippen LogP contribution in [0.3, 0.4) is 0 Å². The van der Waals surface area contributed by atoms with Gasteiger partial charge in [0.25, 0.3) is 5.69 Å². The number of hydrogen-bond donors (Lipinski definition) is 1. The predicted molar refractivity (Wildman–Crippen MR) is 59.9 cm³/mol. The molecule has 4 heteroatoms. The molecule has 0 aromatic heterocycles. The van der Waals surface area contributed by atoms with E-state index >= 15 is 0 Å². The van der Waals surface area contributed by atoms with E-state index in [0.717, 1.165) is 11.3 Å². The van der Waals surface area contributed by atoms with Gasteiger partial charge in [0.1, 0.15) is 0 Å². The summed E-state index contributed by atoms with van der Waals surface area (Å²) < 4.78 is 0. The van der Waals surface area contributed by atoms with E-state index in [-0.39, 0.29) is 10.6 Å². The molecule has 0 radical (unpaired) electrons. The maximum atomic E-state index is 10.7. The molecule has 15 heavy (non-hydrogen) atoms. The van der Waals surface area contributed by atoms with Crippen molar-refractivity contribution in [1.29, 1.82) is 0 Å². The van der Waals surface area contributed by atoms with Crippen LogP contribution in [-0.4, -0.2) is 11.5 Å². The third-order valence-corrected chi connectivity index (χ3v) is 2.12. The zero-order chi connectivity index (χ0) is 11.4. The first-order valence-electron chi connectivity index (χ1n) is 4.49. The Hall–Kier alpha value is -2.02. The van der Waals surface area contributed by atoms with Crippen molar-refractivity contribution in [3.8, 4) is 12.3 Å². The molecule has 4 nitrogen and oxygen atoms in total. The standard InChI is InChI=1S/C11H12N2O2/c1-4-5-12-10-6-9(3)11(13(14)15)7-8(10)2/h1,6-7,12H,5H2,2-3H3. The molecule has 1 N–H and O–H groups in total. The first kappa shape index (κ1) is 11.1. The van der Waals surface area contributed by atoms with Gasteiger partial charge in [0.2, 0.25) is 0 Å². The molecule has 1 aromatic rings. The van der Waals surface area contributed by atoms with Gasteiger partial charge in [-0.1, -0.05) is 5.92 Å². The van der Waals surface area contributed by atoms with Crippen LogP contribution < -0.4 is 5.32 Å². The Labute approximate surface area is 88.5 Å². The number of anilines is 1. The predicted octanol–water partition coefficient (Wildman–Crippen LogP) is 2.26. The molecule has 0 aliphatic heterocycles. The van der Waals surface area contributed by atoms with Gasteiger partial charge in [-0.2, -0.15) is 0 Å². The van der Waals surface area contributed by atoms with Crippen LogP contribution in [0.4, 0.5) is 11.4 Å². The van der Waals surface area contributed by atoms with Gasteiger partial charge in [-0.05, 0) is 25.5 Å². The summed E-state index contributed by atoms with van der Waals surface area (Å²) in [5, 5.41) is 13.7. The average Bonchev–Trinajstić information content (AvgIpc) is 2.18. The van der Waals surface area contributed by atoms with E-state index in [1.54, 1.807) is 19.1 Å². The molecule has 0 unspecified atom stereocenters. The van der Waals surface area contributed by atoms with Crippen molar-refractivity contribution >= 4 is 11.4 Å². The van der Waals surface area contributed by atoms with Crippen LogP contribution in [0.25, 0.3) is 0 Å². The van der Waals surface area contributed by atoms with Crippen molar-refractivity contribution in [2.24, 2.45) is 0 Å². The van der Waals surface area contributed by atoms with Crippen LogP contribution in [-0.2, 0) is 0 Å². The number of hydrogen-bond acceptors (Lipinski definition) is 3.